The van der Waals surface area contributed by atoms with Gasteiger partial charge in [-0.25, -0.2) is 4.98 Å². The molecule has 0 unspecified atom stereocenters. The van der Waals surface area contributed by atoms with Crippen LogP contribution in [0.5, 0.6) is 5.75 Å². The van der Waals surface area contributed by atoms with Crippen molar-refractivity contribution in [3.05, 3.63) is 42.9 Å². The molecule has 0 radical (unpaired) electrons. The van der Waals surface area contributed by atoms with Crippen LogP contribution in [-0.2, 0) is 0 Å². The molecular weight excluding hydrogens is 268 g/mol. The third kappa shape index (κ3) is 1.68. The summed E-state index contributed by atoms with van der Waals surface area (Å²) in [7, 11) is 0. The Hall–Kier alpha value is -3.22. The Labute approximate surface area is 119 Å². The number of imidazole rings is 1. The highest BCUT2D eigenvalue weighted by Gasteiger charge is 2.19. The van der Waals surface area contributed by atoms with E-state index in [0.717, 1.165) is 16.7 Å². The van der Waals surface area contributed by atoms with E-state index in [1.807, 2.05) is 24.3 Å². The first kappa shape index (κ1) is 11.6. The van der Waals surface area contributed by atoms with Crippen LogP contribution in [0.2, 0.25) is 0 Å². The van der Waals surface area contributed by atoms with Crippen LogP contribution in [0.1, 0.15) is 0 Å². The Kier molecular flexibility index (Phi) is 2.28. The SMILES string of the molecule is Nc1c(-c2nc3ccccc3[nH]2)c(O)cn1-c1cn[nH]c1. The molecule has 3 heterocycles. The van der Waals surface area contributed by atoms with Crippen molar-refractivity contribution < 1.29 is 5.11 Å². The fourth-order valence-corrected chi connectivity index (χ4v) is 2.41. The van der Waals surface area contributed by atoms with Crippen LogP contribution in [0.3, 0.4) is 0 Å². The predicted octanol–water partition coefficient (Wildman–Crippen LogP) is 2.03. The molecule has 4 rings (SSSR count). The van der Waals surface area contributed by atoms with Crippen LogP contribution in [0.4, 0.5) is 5.82 Å². The number of aromatic amines is 2. The molecule has 0 spiro atoms. The van der Waals surface area contributed by atoms with Crippen LogP contribution in [0.15, 0.2) is 42.9 Å². The Morgan fingerprint density at radius 2 is 2.10 bits per heavy atom. The number of hydrogen-bond acceptors (Lipinski definition) is 4. The van der Waals surface area contributed by atoms with E-state index in [4.69, 9.17) is 5.73 Å². The molecule has 7 heteroatoms. The molecule has 0 aliphatic heterocycles. The van der Waals surface area contributed by atoms with Gasteiger partial charge in [0, 0.05) is 6.20 Å². The van der Waals surface area contributed by atoms with Crippen molar-refractivity contribution in [2.75, 3.05) is 5.73 Å². The zero-order valence-electron chi connectivity index (χ0n) is 10.9. The van der Waals surface area contributed by atoms with E-state index in [-0.39, 0.29) is 5.75 Å². The minimum absolute atomic E-state index is 0.0627. The zero-order chi connectivity index (χ0) is 14.4. The molecule has 3 aromatic heterocycles. The van der Waals surface area contributed by atoms with E-state index in [1.54, 1.807) is 23.2 Å². The number of nitrogens with zero attached hydrogens (tertiary/aromatic N) is 3. The normalized spacial score (nSPS) is 11.2. The van der Waals surface area contributed by atoms with Crippen molar-refractivity contribution in [1.82, 2.24) is 24.7 Å². The zero-order valence-corrected chi connectivity index (χ0v) is 10.9. The van der Waals surface area contributed by atoms with E-state index < -0.39 is 0 Å². The summed E-state index contributed by atoms with van der Waals surface area (Å²) in [6.45, 7) is 0. The second-order valence-corrected chi connectivity index (χ2v) is 4.70. The molecule has 0 saturated heterocycles. The molecular formula is C14H12N6O. The van der Waals surface area contributed by atoms with E-state index in [0.29, 0.717) is 17.2 Å². The first-order chi connectivity index (χ1) is 10.2. The minimum Gasteiger partial charge on any atom is -0.505 e. The van der Waals surface area contributed by atoms with Gasteiger partial charge in [0.05, 0.1) is 29.1 Å². The number of hydrogen-bond donors (Lipinski definition) is 4. The summed E-state index contributed by atoms with van der Waals surface area (Å²) in [6, 6.07) is 7.65. The molecule has 0 fully saturated rings. The number of fused-ring (bicyclic) bond motifs is 1. The lowest BCUT2D eigenvalue weighted by Crippen LogP contribution is -1.98. The molecule has 7 nitrogen and oxygen atoms in total. The Morgan fingerprint density at radius 3 is 2.86 bits per heavy atom. The van der Waals surface area contributed by atoms with Gasteiger partial charge in [0.15, 0.2) is 0 Å². The number of nitrogens with two attached hydrogens (primary N) is 1. The number of nitrogens with one attached hydrogen (secondary N) is 2. The first-order valence-electron chi connectivity index (χ1n) is 6.38. The fraction of sp³-hybridized carbons (Fsp3) is 0. The molecule has 21 heavy (non-hydrogen) atoms. The third-order valence-electron chi connectivity index (χ3n) is 3.41. The van der Waals surface area contributed by atoms with Crippen molar-refractivity contribution in [1.29, 1.82) is 0 Å². The standard InChI is InChI=1S/C14H12N6O/c15-13-12(11(21)7-20(13)8-5-16-17-6-8)14-18-9-3-1-2-4-10(9)19-14/h1-7,21H,15H2,(H,16,17)(H,18,19). The van der Waals surface area contributed by atoms with Gasteiger partial charge < -0.3 is 15.8 Å². The lowest BCUT2D eigenvalue weighted by atomic mass is 10.3. The number of aromatic nitrogens is 5. The average Bonchev–Trinajstić information content (AvgIpc) is 3.17. The first-order valence-corrected chi connectivity index (χ1v) is 6.38. The number of benzene rings is 1. The topological polar surface area (TPSA) is 109 Å². The van der Waals surface area contributed by atoms with E-state index >= 15 is 0 Å². The molecule has 1 aromatic carbocycles. The summed E-state index contributed by atoms with van der Waals surface area (Å²) >= 11 is 0. The maximum Gasteiger partial charge on any atom is 0.146 e. The predicted molar refractivity (Wildman–Crippen MR) is 79.1 cm³/mol. The molecule has 104 valence electrons. The van der Waals surface area contributed by atoms with Crippen molar-refractivity contribution in [3.63, 3.8) is 0 Å². The molecule has 0 bridgehead atoms. The Balaban J connectivity index is 1.92. The third-order valence-corrected chi connectivity index (χ3v) is 3.41. The lowest BCUT2D eigenvalue weighted by Gasteiger charge is -2.02. The monoisotopic (exact) mass is 280 g/mol. The van der Waals surface area contributed by atoms with Crippen molar-refractivity contribution in [2.24, 2.45) is 0 Å². The van der Waals surface area contributed by atoms with E-state index in [9.17, 15) is 5.11 Å². The number of H-pyrrole nitrogens is 2. The highest BCUT2D eigenvalue weighted by Crippen LogP contribution is 2.37. The van der Waals surface area contributed by atoms with Crippen LogP contribution in [0.25, 0.3) is 28.1 Å². The van der Waals surface area contributed by atoms with Gasteiger partial charge in [-0.05, 0) is 12.1 Å². The number of aromatic hydroxyl groups is 1. The van der Waals surface area contributed by atoms with E-state index in [2.05, 4.69) is 20.2 Å². The summed E-state index contributed by atoms with van der Waals surface area (Å²) in [5.74, 6) is 0.995. The second-order valence-electron chi connectivity index (χ2n) is 4.70. The largest absolute Gasteiger partial charge is 0.505 e. The van der Waals surface area contributed by atoms with Gasteiger partial charge in [0.1, 0.15) is 23.0 Å². The maximum atomic E-state index is 10.2. The number of rotatable bonds is 2. The lowest BCUT2D eigenvalue weighted by molar-refractivity contribution is 0.477. The van der Waals surface area contributed by atoms with Crippen molar-refractivity contribution in [2.45, 2.75) is 0 Å². The van der Waals surface area contributed by atoms with Crippen molar-refractivity contribution >= 4 is 16.9 Å². The van der Waals surface area contributed by atoms with Gasteiger partial charge in [-0.2, -0.15) is 5.10 Å². The molecule has 0 amide bonds. The Bertz CT molecular complexity index is 885. The van der Waals surface area contributed by atoms with Gasteiger partial charge in [-0.1, -0.05) is 12.1 Å². The van der Waals surface area contributed by atoms with Crippen LogP contribution in [0, 0.1) is 0 Å². The van der Waals surface area contributed by atoms with Crippen LogP contribution in [-0.4, -0.2) is 29.8 Å². The van der Waals surface area contributed by atoms with Crippen molar-refractivity contribution in [3.8, 4) is 22.8 Å². The smallest absolute Gasteiger partial charge is 0.146 e. The number of nitrogen functional groups attached to an aromatic ring is 1. The Morgan fingerprint density at radius 1 is 1.24 bits per heavy atom. The average molecular weight is 280 g/mol. The summed E-state index contributed by atoms with van der Waals surface area (Å²) < 4.78 is 1.65. The van der Waals surface area contributed by atoms with Gasteiger partial charge in [0.25, 0.3) is 0 Å². The molecule has 0 aliphatic rings. The van der Waals surface area contributed by atoms with E-state index in [1.165, 1.54) is 0 Å². The number of anilines is 1. The second kappa shape index (κ2) is 4.14. The minimum atomic E-state index is 0.0627. The van der Waals surface area contributed by atoms with Gasteiger partial charge in [0.2, 0.25) is 0 Å². The van der Waals surface area contributed by atoms with Gasteiger partial charge in [-0.15, -0.1) is 0 Å². The molecule has 4 aromatic rings. The highest BCUT2D eigenvalue weighted by atomic mass is 16.3. The quantitative estimate of drug-likeness (QED) is 0.450. The van der Waals surface area contributed by atoms with Gasteiger partial charge >= 0.3 is 0 Å². The van der Waals surface area contributed by atoms with Gasteiger partial charge in [-0.3, -0.25) is 9.67 Å². The highest BCUT2D eigenvalue weighted by molar-refractivity contribution is 5.85. The summed E-state index contributed by atoms with van der Waals surface area (Å²) in [5.41, 5.74) is 9.08. The summed E-state index contributed by atoms with van der Waals surface area (Å²) in [5, 5.41) is 16.8. The number of para-hydroxylation sites is 2. The molecule has 0 saturated carbocycles. The molecule has 0 atom stereocenters. The summed E-state index contributed by atoms with van der Waals surface area (Å²) in [4.78, 5) is 7.63. The van der Waals surface area contributed by atoms with Crippen LogP contribution >= 0.6 is 0 Å². The molecule has 0 aliphatic carbocycles. The summed E-state index contributed by atoms with van der Waals surface area (Å²) in [6.07, 6.45) is 4.86. The molecule has 5 N–H and O–H groups in total. The maximum absolute atomic E-state index is 10.2. The van der Waals surface area contributed by atoms with Crippen LogP contribution < -0.4 is 5.73 Å². The fourth-order valence-electron chi connectivity index (χ4n) is 2.41.